The number of aliphatic carboxylic acids is 1. The van der Waals surface area contributed by atoms with E-state index in [2.05, 4.69) is 5.32 Å². The van der Waals surface area contributed by atoms with E-state index in [1.54, 1.807) is 20.8 Å². The molecule has 0 heterocycles. The van der Waals surface area contributed by atoms with Gasteiger partial charge in [-0.25, -0.2) is 4.79 Å². The topological polar surface area (TPSA) is 67.8 Å². The molecule has 0 aliphatic heterocycles. The number of carboxylic acids is 1. The Morgan fingerprint density at radius 2 is 2.12 bits per heavy atom. The summed E-state index contributed by atoms with van der Waals surface area (Å²) in [6.45, 7) is 8.26. The van der Waals surface area contributed by atoms with E-state index in [4.69, 9.17) is 26.0 Å². The standard InChI is InChI=1S/C10H20NO4PS/c1-5-11-6-14-16(17)15-8(4)9(7(2)3)10(12)13/h7,11,16H,5-6H2,1-4H3,(H,12,13). The second kappa shape index (κ2) is 8.64. The second-order valence-electron chi connectivity index (χ2n) is 3.67. The highest BCUT2D eigenvalue weighted by Gasteiger charge is 2.17. The van der Waals surface area contributed by atoms with Gasteiger partial charge in [0, 0.05) is 0 Å². The molecule has 0 amide bonds. The number of allylic oxidation sites excluding steroid dienone is 1. The molecule has 17 heavy (non-hydrogen) atoms. The van der Waals surface area contributed by atoms with E-state index < -0.39 is 13.1 Å². The van der Waals surface area contributed by atoms with Crippen LogP contribution >= 0.6 is 7.15 Å². The van der Waals surface area contributed by atoms with Crippen LogP contribution in [0, 0.1) is 5.92 Å². The molecule has 0 saturated carbocycles. The van der Waals surface area contributed by atoms with Crippen LogP contribution in [0.2, 0.25) is 0 Å². The minimum Gasteiger partial charge on any atom is -0.478 e. The van der Waals surface area contributed by atoms with Gasteiger partial charge in [0.25, 0.3) is 0 Å². The lowest BCUT2D eigenvalue weighted by atomic mass is 10.0. The summed E-state index contributed by atoms with van der Waals surface area (Å²) in [7, 11) is -1.87. The summed E-state index contributed by atoms with van der Waals surface area (Å²) in [6.07, 6.45) is 0. The maximum atomic E-state index is 11.0. The average molecular weight is 281 g/mol. The first kappa shape index (κ1) is 16.6. The minimum atomic E-state index is -1.87. The Morgan fingerprint density at radius 1 is 1.53 bits per heavy atom. The zero-order valence-corrected chi connectivity index (χ0v) is 12.4. The molecule has 0 aromatic carbocycles. The number of carbonyl (C=O) groups is 1. The molecule has 5 nitrogen and oxygen atoms in total. The number of hydrogen-bond acceptors (Lipinski definition) is 5. The Morgan fingerprint density at radius 3 is 2.53 bits per heavy atom. The zero-order valence-electron chi connectivity index (χ0n) is 10.6. The van der Waals surface area contributed by atoms with Gasteiger partial charge in [-0.2, -0.15) is 0 Å². The summed E-state index contributed by atoms with van der Waals surface area (Å²) in [6, 6.07) is 0. The minimum absolute atomic E-state index is 0.119. The zero-order chi connectivity index (χ0) is 13.4. The Bertz CT molecular complexity index is 317. The van der Waals surface area contributed by atoms with Crippen molar-refractivity contribution in [2.45, 2.75) is 27.7 Å². The van der Waals surface area contributed by atoms with E-state index in [0.717, 1.165) is 6.54 Å². The molecule has 100 valence electrons. The van der Waals surface area contributed by atoms with Crippen LogP contribution in [0.5, 0.6) is 0 Å². The lowest BCUT2D eigenvalue weighted by Gasteiger charge is -2.14. The summed E-state index contributed by atoms with van der Waals surface area (Å²) < 4.78 is 10.6. The van der Waals surface area contributed by atoms with E-state index in [9.17, 15) is 4.79 Å². The van der Waals surface area contributed by atoms with Gasteiger partial charge >= 0.3 is 5.97 Å². The van der Waals surface area contributed by atoms with Crippen LogP contribution in [0.1, 0.15) is 27.7 Å². The molecule has 0 fully saturated rings. The van der Waals surface area contributed by atoms with Gasteiger partial charge in [0.15, 0.2) is 0 Å². The lowest BCUT2D eigenvalue weighted by molar-refractivity contribution is -0.133. The second-order valence-corrected chi connectivity index (χ2v) is 5.67. The summed E-state index contributed by atoms with van der Waals surface area (Å²) in [5, 5.41) is 12.0. The summed E-state index contributed by atoms with van der Waals surface area (Å²) in [5.74, 6) is -0.757. The number of hydrogen-bond donors (Lipinski definition) is 2. The van der Waals surface area contributed by atoms with Crippen molar-refractivity contribution < 1.29 is 18.9 Å². The third-order valence-corrected chi connectivity index (χ3v) is 3.42. The maximum absolute atomic E-state index is 11.0. The predicted molar refractivity (Wildman–Crippen MR) is 71.6 cm³/mol. The number of nitrogens with one attached hydrogen (secondary N) is 1. The normalized spacial score (nSPS) is 14.4. The Hall–Kier alpha value is -0.420. The first-order valence-corrected chi connectivity index (χ1v) is 7.84. The van der Waals surface area contributed by atoms with Crippen molar-refractivity contribution in [1.82, 2.24) is 5.32 Å². The highest BCUT2D eigenvalue weighted by Crippen LogP contribution is 2.30. The maximum Gasteiger partial charge on any atom is 0.335 e. The fraction of sp³-hybridized carbons (Fsp3) is 0.700. The van der Waals surface area contributed by atoms with Crippen LogP contribution in [0.4, 0.5) is 0 Å². The van der Waals surface area contributed by atoms with Crippen molar-refractivity contribution in [1.29, 1.82) is 0 Å². The monoisotopic (exact) mass is 281 g/mol. The molecule has 7 heteroatoms. The van der Waals surface area contributed by atoms with E-state index in [1.807, 2.05) is 6.92 Å². The van der Waals surface area contributed by atoms with Crippen LogP contribution in [0.25, 0.3) is 0 Å². The molecule has 0 radical (unpaired) electrons. The van der Waals surface area contributed by atoms with Crippen LogP contribution in [0.15, 0.2) is 11.3 Å². The van der Waals surface area contributed by atoms with Gasteiger partial charge < -0.3 is 14.2 Å². The van der Waals surface area contributed by atoms with Gasteiger partial charge in [-0.1, -0.05) is 20.8 Å². The van der Waals surface area contributed by atoms with Crippen LogP contribution < -0.4 is 5.32 Å². The van der Waals surface area contributed by atoms with E-state index in [-0.39, 0.29) is 11.5 Å². The summed E-state index contributed by atoms with van der Waals surface area (Å²) >= 11 is 5.01. The predicted octanol–water partition coefficient (Wildman–Crippen LogP) is 2.11. The van der Waals surface area contributed by atoms with Crippen LogP contribution in [-0.2, 0) is 25.6 Å². The van der Waals surface area contributed by atoms with Crippen molar-refractivity contribution in [2.24, 2.45) is 5.92 Å². The SMILES string of the molecule is CCNCO[PH](=S)OC(C)=C(C(=O)O)C(C)C. The van der Waals surface area contributed by atoms with Crippen LogP contribution in [0.3, 0.4) is 0 Å². The van der Waals surface area contributed by atoms with Gasteiger partial charge in [0.1, 0.15) is 12.5 Å². The molecule has 0 bridgehead atoms. The quantitative estimate of drug-likeness (QED) is 0.233. The van der Waals surface area contributed by atoms with Gasteiger partial charge in [-0.05, 0) is 31.2 Å². The van der Waals surface area contributed by atoms with Crippen LogP contribution in [-0.4, -0.2) is 24.4 Å². The molecular weight excluding hydrogens is 261 g/mol. The third kappa shape index (κ3) is 6.78. The highest BCUT2D eigenvalue weighted by atomic mass is 32.4. The lowest BCUT2D eigenvalue weighted by Crippen LogP contribution is -2.15. The molecule has 0 saturated heterocycles. The fourth-order valence-electron chi connectivity index (χ4n) is 1.23. The van der Waals surface area contributed by atoms with Gasteiger partial charge in [-0.3, -0.25) is 5.32 Å². The molecular formula is C10H20NO4PS. The molecule has 0 aliphatic carbocycles. The van der Waals surface area contributed by atoms with Crippen molar-refractivity contribution in [3.05, 3.63) is 11.3 Å². The summed E-state index contributed by atoms with van der Waals surface area (Å²) in [4.78, 5) is 11.0. The Balaban J connectivity index is 4.47. The number of rotatable bonds is 8. The molecule has 1 atom stereocenters. The Labute approximate surface area is 108 Å². The molecule has 0 aromatic heterocycles. The van der Waals surface area contributed by atoms with Crippen molar-refractivity contribution in [3.8, 4) is 0 Å². The first-order chi connectivity index (χ1) is 7.90. The van der Waals surface area contributed by atoms with Crippen molar-refractivity contribution >= 4 is 24.9 Å². The van der Waals surface area contributed by atoms with Gasteiger partial charge in [0.05, 0.1) is 5.57 Å². The number of carboxylic acid groups (broad SMARTS) is 1. The fourth-order valence-corrected chi connectivity index (χ4v) is 2.42. The average Bonchev–Trinajstić information content (AvgIpc) is 2.16. The molecule has 0 spiro atoms. The highest BCUT2D eigenvalue weighted by molar-refractivity contribution is 8.00. The first-order valence-electron chi connectivity index (χ1n) is 5.39. The molecule has 2 N–H and O–H groups in total. The van der Waals surface area contributed by atoms with E-state index in [0.29, 0.717) is 12.5 Å². The van der Waals surface area contributed by atoms with Crippen molar-refractivity contribution in [3.63, 3.8) is 0 Å². The van der Waals surface area contributed by atoms with Gasteiger partial charge in [0.2, 0.25) is 7.15 Å². The van der Waals surface area contributed by atoms with Crippen molar-refractivity contribution in [2.75, 3.05) is 13.3 Å². The molecule has 0 aliphatic rings. The smallest absolute Gasteiger partial charge is 0.335 e. The molecule has 0 rings (SSSR count). The van der Waals surface area contributed by atoms with E-state index >= 15 is 0 Å². The summed E-state index contributed by atoms with van der Waals surface area (Å²) in [5.41, 5.74) is 0.240. The van der Waals surface area contributed by atoms with Gasteiger partial charge in [-0.15, -0.1) is 0 Å². The molecule has 0 aromatic rings. The third-order valence-electron chi connectivity index (χ3n) is 1.97. The Kier molecular flexibility index (Phi) is 8.43. The largest absolute Gasteiger partial charge is 0.478 e. The molecule has 1 unspecified atom stereocenters. The van der Waals surface area contributed by atoms with E-state index in [1.165, 1.54) is 0 Å².